The number of nitrogens with zero attached hydrogens (tertiary/aromatic N) is 2. The molecule has 0 saturated carbocycles. The highest BCUT2D eigenvalue weighted by atomic mass is 16.5. The van der Waals surface area contributed by atoms with Crippen LogP contribution in [0, 0.1) is 5.92 Å². The van der Waals surface area contributed by atoms with Gasteiger partial charge in [0.2, 0.25) is 5.88 Å². The topological polar surface area (TPSA) is 61.0 Å². The van der Waals surface area contributed by atoms with Crippen molar-refractivity contribution in [3.63, 3.8) is 0 Å². The van der Waals surface area contributed by atoms with Crippen molar-refractivity contribution in [2.75, 3.05) is 7.11 Å². The molecule has 15 heavy (non-hydrogen) atoms. The maximum Gasteiger partial charge on any atom is 0.235 e. The van der Waals surface area contributed by atoms with E-state index in [1.54, 1.807) is 19.5 Å². The lowest BCUT2D eigenvalue weighted by atomic mass is 9.99. The molecular weight excluding hydrogens is 190 g/mol. The van der Waals surface area contributed by atoms with Crippen LogP contribution in [0.25, 0.3) is 0 Å². The molecular formula is C11H19N3O. The average Bonchev–Trinajstić information content (AvgIpc) is 2.26. The number of ether oxygens (including phenoxy) is 1. The molecule has 0 aliphatic carbocycles. The molecule has 1 aromatic rings. The van der Waals surface area contributed by atoms with Gasteiger partial charge in [0.25, 0.3) is 0 Å². The second kappa shape index (κ2) is 5.66. The minimum atomic E-state index is 0.205. The van der Waals surface area contributed by atoms with E-state index in [2.05, 4.69) is 23.8 Å². The molecule has 0 bridgehead atoms. The van der Waals surface area contributed by atoms with Gasteiger partial charge in [-0.25, -0.2) is 4.98 Å². The third-order valence-corrected chi connectivity index (χ3v) is 2.50. The third kappa shape index (κ3) is 3.47. The van der Waals surface area contributed by atoms with E-state index in [4.69, 9.17) is 10.5 Å². The molecule has 1 heterocycles. The molecule has 1 unspecified atom stereocenters. The normalized spacial score (nSPS) is 12.9. The maximum absolute atomic E-state index is 5.97. The SMILES string of the molecule is COc1nccnc1CCC(N)C(C)C. The Bertz CT molecular complexity index is 302. The Labute approximate surface area is 90.9 Å². The smallest absolute Gasteiger partial charge is 0.235 e. The summed E-state index contributed by atoms with van der Waals surface area (Å²) < 4.78 is 5.12. The van der Waals surface area contributed by atoms with Crippen LogP contribution in [-0.2, 0) is 6.42 Å². The van der Waals surface area contributed by atoms with Gasteiger partial charge < -0.3 is 10.5 Å². The van der Waals surface area contributed by atoms with Gasteiger partial charge in [-0.05, 0) is 18.8 Å². The van der Waals surface area contributed by atoms with E-state index in [1.165, 1.54) is 0 Å². The standard InChI is InChI=1S/C11H19N3O/c1-8(2)9(12)4-5-10-11(15-3)14-7-6-13-10/h6-9H,4-5,12H2,1-3H3. The summed E-state index contributed by atoms with van der Waals surface area (Å²) in [5.41, 5.74) is 6.85. The molecule has 2 N–H and O–H groups in total. The lowest BCUT2D eigenvalue weighted by Gasteiger charge is -2.15. The Morgan fingerprint density at radius 1 is 1.33 bits per heavy atom. The zero-order valence-corrected chi connectivity index (χ0v) is 9.60. The molecule has 0 aliphatic rings. The van der Waals surface area contributed by atoms with Crippen molar-refractivity contribution in [1.29, 1.82) is 0 Å². The fourth-order valence-corrected chi connectivity index (χ4v) is 1.33. The molecule has 0 fully saturated rings. The lowest BCUT2D eigenvalue weighted by molar-refractivity contribution is 0.385. The zero-order chi connectivity index (χ0) is 11.3. The van der Waals surface area contributed by atoms with Crippen molar-refractivity contribution in [3.8, 4) is 5.88 Å². The Kier molecular flexibility index (Phi) is 4.49. The molecule has 0 aromatic carbocycles. The summed E-state index contributed by atoms with van der Waals surface area (Å²) >= 11 is 0. The number of methoxy groups -OCH3 is 1. The van der Waals surface area contributed by atoms with Gasteiger partial charge in [0, 0.05) is 18.4 Å². The first-order chi connectivity index (χ1) is 7.15. The number of hydrogen-bond donors (Lipinski definition) is 1. The van der Waals surface area contributed by atoms with E-state index >= 15 is 0 Å². The first-order valence-corrected chi connectivity index (χ1v) is 5.24. The van der Waals surface area contributed by atoms with Crippen LogP contribution in [0.15, 0.2) is 12.4 Å². The van der Waals surface area contributed by atoms with Crippen LogP contribution in [0.1, 0.15) is 26.0 Å². The van der Waals surface area contributed by atoms with Gasteiger partial charge in [-0.2, -0.15) is 0 Å². The molecule has 84 valence electrons. The molecule has 0 aliphatic heterocycles. The Balaban J connectivity index is 2.57. The van der Waals surface area contributed by atoms with Gasteiger partial charge >= 0.3 is 0 Å². The summed E-state index contributed by atoms with van der Waals surface area (Å²) in [7, 11) is 1.61. The number of aryl methyl sites for hydroxylation is 1. The van der Waals surface area contributed by atoms with Crippen LogP contribution in [0.5, 0.6) is 5.88 Å². The molecule has 0 spiro atoms. The van der Waals surface area contributed by atoms with Crippen molar-refractivity contribution in [2.24, 2.45) is 11.7 Å². The minimum absolute atomic E-state index is 0.205. The van der Waals surface area contributed by atoms with Gasteiger partial charge in [-0.3, -0.25) is 4.98 Å². The van der Waals surface area contributed by atoms with Crippen LogP contribution >= 0.6 is 0 Å². The largest absolute Gasteiger partial charge is 0.480 e. The zero-order valence-electron chi connectivity index (χ0n) is 9.60. The fourth-order valence-electron chi connectivity index (χ4n) is 1.33. The fraction of sp³-hybridized carbons (Fsp3) is 0.636. The predicted molar refractivity (Wildman–Crippen MR) is 59.7 cm³/mol. The number of nitrogens with two attached hydrogens (primary N) is 1. The second-order valence-corrected chi connectivity index (χ2v) is 3.96. The summed E-state index contributed by atoms with van der Waals surface area (Å²) in [6.45, 7) is 4.25. The summed E-state index contributed by atoms with van der Waals surface area (Å²) in [5, 5.41) is 0. The monoisotopic (exact) mass is 209 g/mol. The van der Waals surface area contributed by atoms with Gasteiger partial charge in [0.1, 0.15) is 5.69 Å². The second-order valence-electron chi connectivity index (χ2n) is 3.96. The van der Waals surface area contributed by atoms with E-state index in [1.807, 2.05) is 0 Å². The summed E-state index contributed by atoms with van der Waals surface area (Å²) in [6, 6.07) is 0.205. The minimum Gasteiger partial charge on any atom is -0.480 e. The quantitative estimate of drug-likeness (QED) is 0.796. The first-order valence-electron chi connectivity index (χ1n) is 5.24. The van der Waals surface area contributed by atoms with Crippen molar-refractivity contribution in [3.05, 3.63) is 18.1 Å². The molecule has 0 saturated heterocycles. The van der Waals surface area contributed by atoms with Crippen LogP contribution in [0.3, 0.4) is 0 Å². The Hall–Kier alpha value is -1.16. The lowest BCUT2D eigenvalue weighted by Crippen LogP contribution is -2.27. The molecule has 0 radical (unpaired) electrons. The van der Waals surface area contributed by atoms with E-state index in [0.717, 1.165) is 18.5 Å². The van der Waals surface area contributed by atoms with Gasteiger partial charge in [0.15, 0.2) is 0 Å². The van der Waals surface area contributed by atoms with E-state index in [9.17, 15) is 0 Å². The third-order valence-electron chi connectivity index (χ3n) is 2.50. The highest BCUT2D eigenvalue weighted by molar-refractivity contribution is 5.17. The maximum atomic E-state index is 5.97. The van der Waals surface area contributed by atoms with Crippen LogP contribution < -0.4 is 10.5 Å². The van der Waals surface area contributed by atoms with Gasteiger partial charge in [-0.1, -0.05) is 13.8 Å². The van der Waals surface area contributed by atoms with E-state index in [0.29, 0.717) is 11.8 Å². The predicted octanol–water partition coefficient (Wildman–Crippen LogP) is 1.40. The number of aromatic nitrogens is 2. The van der Waals surface area contributed by atoms with Crippen LogP contribution in [0.2, 0.25) is 0 Å². The first kappa shape index (κ1) is 11.9. The molecule has 4 nitrogen and oxygen atoms in total. The summed E-state index contributed by atoms with van der Waals surface area (Å²) in [5.74, 6) is 1.10. The molecule has 4 heteroatoms. The average molecular weight is 209 g/mol. The van der Waals surface area contributed by atoms with Crippen LogP contribution in [0.4, 0.5) is 0 Å². The Morgan fingerprint density at radius 2 is 2.00 bits per heavy atom. The highest BCUT2D eigenvalue weighted by Gasteiger charge is 2.10. The van der Waals surface area contributed by atoms with Crippen LogP contribution in [-0.4, -0.2) is 23.1 Å². The van der Waals surface area contributed by atoms with Gasteiger partial charge in [0.05, 0.1) is 7.11 Å². The molecule has 1 aromatic heterocycles. The Morgan fingerprint density at radius 3 is 2.60 bits per heavy atom. The molecule has 1 rings (SSSR count). The van der Waals surface area contributed by atoms with Crippen molar-refractivity contribution in [1.82, 2.24) is 9.97 Å². The summed E-state index contributed by atoms with van der Waals surface area (Å²) in [4.78, 5) is 8.33. The number of rotatable bonds is 5. The van der Waals surface area contributed by atoms with Crippen molar-refractivity contribution in [2.45, 2.75) is 32.7 Å². The van der Waals surface area contributed by atoms with Crippen molar-refractivity contribution >= 4 is 0 Å². The van der Waals surface area contributed by atoms with Crippen molar-refractivity contribution < 1.29 is 4.74 Å². The number of hydrogen-bond acceptors (Lipinski definition) is 4. The van der Waals surface area contributed by atoms with Gasteiger partial charge in [-0.15, -0.1) is 0 Å². The molecule has 0 amide bonds. The highest BCUT2D eigenvalue weighted by Crippen LogP contribution is 2.14. The molecule has 1 atom stereocenters. The summed E-state index contributed by atoms with van der Waals surface area (Å²) in [6.07, 6.45) is 5.03. The van der Waals surface area contributed by atoms with E-state index in [-0.39, 0.29) is 6.04 Å². The van der Waals surface area contributed by atoms with E-state index < -0.39 is 0 Å².